The Bertz CT molecular complexity index is 860. The summed E-state index contributed by atoms with van der Waals surface area (Å²) in [5.74, 6) is 1.85. The molecule has 8 heteroatoms. The van der Waals surface area contributed by atoms with Gasteiger partial charge in [0.15, 0.2) is 11.5 Å². The number of piperidine rings is 1. The van der Waals surface area contributed by atoms with E-state index in [0.29, 0.717) is 48.5 Å². The van der Waals surface area contributed by atoms with E-state index >= 15 is 0 Å². The van der Waals surface area contributed by atoms with Gasteiger partial charge < -0.3 is 19.4 Å². The molecule has 2 aromatic rings. The summed E-state index contributed by atoms with van der Waals surface area (Å²) in [7, 11) is 0. The second-order valence-corrected chi connectivity index (χ2v) is 7.18. The molecule has 25 heavy (non-hydrogen) atoms. The number of nitrogens with zero attached hydrogens (tertiary/aromatic N) is 2. The normalized spacial score (nSPS) is 19.7. The predicted molar refractivity (Wildman–Crippen MR) is 92.8 cm³/mol. The van der Waals surface area contributed by atoms with Crippen molar-refractivity contribution >= 4 is 17.2 Å². The highest BCUT2D eigenvalue weighted by atomic mass is 32.1. The molecule has 0 aliphatic carbocycles. The van der Waals surface area contributed by atoms with Crippen LogP contribution in [-0.4, -0.2) is 47.1 Å². The van der Waals surface area contributed by atoms with E-state index < -0.39 is 0 Å². The van der Waals surface area contributed by atoms with Crippen LogP contribution in [0.25, 0.3) is 0 Å². The Labute approximate surface area is 148 Å². The van der Waals surface area contributed by atoms with Gasteiger partial charge in [0, 0.05) is 30.5 Å². The smallest absolute Gasteiger partial charge is 0.267 e. The first kappa shape index (κ1) is 16.1. The highest BCUT2D eigenvalue weighted by Gasteiger charge is 2.31. The van der Waals surface area contributed by atoms with Gasteiger partial charge in [-0.1, -0.05) is 0 Å². The molecule has 7 nitrogen and oxygen atoms in total. The molecule has 1 fully saturated rings. The molecule has 4 heterocycles. The zero-order valence-electron chi connectivity index (χ0n) is 13.9. The SMILES string of the molecule is Cc1nc(C2CCCN(C(=O)c3scc4c3OCCO4)C2)cc(=O)[nH]1. The van der Waals surface area contributed by atoms with Gasteiger partial charge in [0.2, 0.25) is 0 Å². The summed E-state index contributed by atoms with van der Waals surface area (Å²) in [6.07, 6.45) is 1.80. The van der Waals surface area contributed by atoms with Gasteiger partial charge in [0.05, 0.1) is 5.69 Å². The van der Waals surface area contributed by atoms with Gasteiger partial charge in [0.1, 0.15) is 23.9 Å². The van der Waals surface area contributed by atoms with Crippen LogP contribution in [0.3, 0.4) is 0 Å². The molecule has 1 N–H and O–H groups in total. The molecule has 4 rings (SSSR count). The Balaban J connectivity index is 1.56. The molecular formula is C17H19N3O4S. The number of amides is 1. The van der Waals surface area contributed by atoms with E-state index in [-0.39, 0.29) is 17.4 Å². The van der Waals surface area contributed by atoms with Crippen LogP contribution in [0.2, 0.25) is 0 Å². The third-order valence-electron chi connectivity index (χ3n) is 4.50. The maximum absolute atomic E-state index is 13.0. The standard InChI is InChI=1S/C17H19N3O4S/c1-10-18-12(7-14(21)19-10)11-3-2-4-20(8-11)17(22)16-15-13(9-25-16)23-5-6-24-15/h7,9,11H,2-6,8H2,1H3,(H,18,19,21). The van der Waals surface area contributed by atoms with Crippen molar-refractivity contribution in [2.45, 2.75) is 25.7 Å². The lowest BCUT2D eigenvalue weighted by atomic mass is 9.94. The van der Waals surface area contributed by atoms with Gasteiger partial charge in [0.25, 0.3) is 11.5 Å². The van der Waals surface area contributed by atoms with Crippen LogP contribution in [-0.2, 0) is 0 Å². The summed E-state index contributed by atoms with van der Waals surface area (Å²) in [5.41, 5.74) is 0.607. The summed E-state index contributed by atoms with van der Waals surface area (Å²) >= 11 is 1.36. The summed E-state index contributed by atoms with van der Waals surface area (Å²) in [5, 5.41) is 1.82. The lowest BCUT2D eigenvalue weighted by Gasteiger charge is -2.32. The molecule has 0 saturated carbocycles. The molecule has 0 radical (unpaired) electrons. The van der Waals surface area contributed by atoms with Crippen molar-refractivity contribution in [2.24, 2.45) is 0 Å². The fourth-order valence-electron chi connectivity index (χ4n) is 3.37. The van der Waals surface area contributed by atoms with Crippen LogP contribution in [0.15, 0.2) is 16.2 Å². The fraction of sp³-hybridized carbons (Fsp3) is 0.471. The third-order valence-corrected chi connectivity index (χ3v) is 5.43. The topological polar surface area (TPSA) is 84.5 Å². The first-order chi connectivity index (χ1) is 12.1. The van der Waals surface area contributed by atoms with Crippen LogP contribution in [0, 0.1) is 6.92 Å². The van der Waals surface area contributed by atoms with E-state index in [4.69, 9.17) is 9.47 Å². The van der Waals surface area contributed by atoms with Gasteiger partial charge in [-0.15, -0.1) is 11.3 Å². The lowest BCUT2D eigenvalue weighted by molar-refractivity contribution is 0.0702. The number of hydrogen-bond donors (Lipinski definition) is 1. The van der Waals surface area contributed by atoms with E-state index in [1.165, 1.54) is 17.4 Å². The summed E-state index contributed by atoms with van der Waals surface area (Å²) in [4.78, 5) is 34.2. The van der Waals surface area contributed by atoms with Gasteiger partial charge in [-0.3, -0.25) is 9.59 Å². The van der Waals surface area contributed by atoms with Crippen molar-refractivity contribution in [3.63, 3.8) is 0 Å². The number of fused-ring (bicyclic) bond motifs is 1. The number of aromatic amines is 1. The second-order valence-electron chi connectivity index (χ2n) is 6.30. The number of likely N-dealkylation sites (tertiary alicyclic amines) is 1. The van der Waals surface area contributed by atoms with Gasteiger partial charge in [-0.25, -0.2) is 4.98 Å². The molecule has 132 valence electrons. The molecule has 0 bridgehead atoms. The second kappa shape index (κ2) is 6.51. The maximum Gasteiger partial charge on any atom is 0.267 e. The minimum absolute atomic E-state index is 0.0389. The van der Waals surface area contributed by atoms with Crippen LogP contribution in [0.4, 0.5) is 0 Å². The first-order valence-electron chi connectivity index (χ1n) is 8.36. The molecule has 1 saturated heterocycles. The van der Waals surface area contributed by atoms with Gasteiger partial charge >= 0.3 is 0 Å². The number of H-pyrrole nitrogens is 1. The number of nitrogens with one attached hydrogen (secondary N) is 1. The average Bonchev–Trinajstić information content (AvgIpc) is 3.04. The Morgan fingerprint density at radius 2 is 2.24 bits per heavy atom. The monoisotopic (exact) mass is 361 g/mol. The van der Waals surface area contributed by atoms with Gasteiger partial charge in [-0.05, 0) is 19.8 Å². The molecule has 2 aliphatic rings. The van der Waals surface area contributed by atoms with Crippen molar-refractivity contribution in [3.8, 4) is 11.5 Å². The molecular weight excluding hydrogens is 342 g/mol. The van der Waals surface area contributed by atoms with Crippen LogP contribution < -0.4 is 15.0 Å². The fourth-order valence-corrected chi connectivity index (χ4v) is 4.27. The van der Waals surface area contributed by atoms with E-state index in [1.54, 1.807) is 6.92 Å². The number of thiophene rings is 1. The molecule has 1 atom stereocenters. The first-order valence-corrected chi connectivity index (χ1v) is 9.24. The average molecular weight is 361 g/mol. The largest absolute Gasteiger partial charge is 0.485 e. The number of aromatic nitrogens is 2. The lowest BCUT2D eigenvalue weighted by Crippen LogP contribution is -2.39. The number of carbonyl (C=O) groups is 1. The molecule has 1 unspecified atom stereocenters. The number of ether oxygens (including phenoxy) is 2. The minimum Gasteiger partial charge on any atom is -0.485 e. The van der Waals surface area contributed by atoms with E-state index in [9.17, 15) is 9.59 Å². The quantitative estimate of drug-likeness (QED) is 0.884. The summed E-state index contributed by atoms with van der Waals surface area (Å²) in [6.45, 7) is 4.00. The third kappa shape index (κ3) is 3.13. The summed E-state index contributed by atoms with van der Waals surface area (Å²) in [6, 6.07) is 1.54. The highest BCUT2D eigenvalue weighted by molar-refractivity contribution is 7.12. The number of rotatable bonds is 2. The molecule has 2 aromatic heterocycles. The molecule has 0 spiro atoms. The predicted octanol–water partition coefficient (Wildman–Crippen LogP) is 1.93. The molecule has 1 amide bonds. The molecule has 0 aromatic carbocycles. The zero-order chi connectivity index (χ0) is 17.4. The van der Waals surface area contributed by atoms with Gasteiger partial charge in [-0.2, -0.15) is 0 Å². The highest BCUT2D eigenvalue weighted by Crippen LogP contribution is 2.40. The Morgan fingerprint density at radius 1 is 1.40 bits per heavy atom. The minimum atomic E-state index is -0.149. The number of hydrogen-bond acceptors (Lipinski definition) is 6. The maximum atomic E-state index is 13.0. The van der Waals surface area contributed by atoms with E-state index in [1.807, 2.05) is 10.3 Å². The van der Waals surface area contributed by atoms with Crippen LogP contribution in [0.5, 0.6) is 11.5 Å². The Morgan fingerprint density at radius 3 is 3.08 bits per heavy atom. The number of aryl methyl sites for hydroxylation is 1. The van der Waals surface area contributed by atoms with Crippen molar-refractivity contribution < 1.29 is 14.3 Å². The zero-order valence-corrected chi connectivity index (χ0v) is 14.7. The Kier molecular flexibility index (Phi) is 4.20. The van der Waals surface area contributed by atoms with Crippen molar-refractivity contribution in [1.29, 1.82) is 0 Å². The van der Waals surface area contributed by atoms with Crippen LogP contribution in [0.1, 0.15) is 39.9 Å². The van der Waals surface area contributed by atoms with Crippen molar-refractivity contribution in [3.05, 3.63) is 38.2 Å². The van der Waals surface area contributed by atoms with Crippen molar-refractivity contribution in [1.82, 2.24) is 14.9 Å². The Hall–Kier alpha value is -2.35. The van der Waals surface area contributed by atoms with Crippen molar-refractivity contribution in [2.75, 3.05) is 26.3 Å². The van der Waals surface area contributed by atoms with E-state index in [0.717, 1.165) is 18.5 Å². The van der Waals surface area contributed by atoms with E-state index in [2.05, 4.69) is 9.97 Å². The number of carbonyl (C=O) groups excluding carboxylic acids is 1. The van der Waals surface area contributed by atoms with Crippen LogP contribution >= 0.6 is 11.3 Å². The molecule has 2 aliphatic heterocycles. The summed E-state index contributed by atoms with van der Waals surface area (Å²) < 4.78 is 11.2.